The first kappa shape index (κ1) is 13.5. The number of hydrogen-bond donors (Lipinski definition) is 1. The van der Waals surface area contributed by atoms with Crippen molar-refractivity contribution in [1.29, 1.82) is 0 Å². The van der Waals surface area contributed by atoms with Gasteiger partial charge >= 0.3 is 5.69 Å². The van der Waals surface area contributed by atoms with E-state index in [1.54, 1.807) is 0 Å². The van der Waals surface area contributed by atoms with Crippen LogP contribution in [0.1, 0.15) is 12.8 Å². The first-order valence-corrected chi connectivity index (χ1v) is 6.07. The average molecular weight is 268 g/mol. The predicted molar refractivity (Wildman–Crippen MR) is 67.3 cm³/mol. The number of nitro groups is 1. The van der Waals surface area contributed by atoms with E-state index in [1.807, 2.05) is 0 Å². The quantitative estimate of drug-likeness (QED) is 0.633. The summed E-state index contributed by atoms with van der Waals surface area (Å²) < 4.78 is 10.2. The maximum Gasteiger partial charge on any atom is 0.372 e. The highest BCUT2D eigenvalue weighted by Gasteiger charge is 2.24. The van der Waals surface area contributed by atoms with Crippen molar-refractivity contribution in [2.45, 2.75) is 12.8 Å². The second kappa shape index (κ2) is 6.28. The Bertz CT molecular complexity index is 448. The molecule has 104 valence electrons. The summed E-state index contributed by atoms with van der Waals surface area (Å²) in [5, 5.41) is 14.0. The van der Waals surface area contributed by atoms with E-state index in [9.17, 15) is 10.1 Å². The molecule has 1 aliphatic rings. The number of nitrogens with one attached hydrogen (secondary N) is 1. The SMILES string of the molecule is COc1ncnc(NCC2CCOCC2)c1[N+](=O)[O-]. The van der Waals surface area contributed by atoms with Crippen molar-refractivity contribution in [2.75, 3.05) is 32.2 Å². The number of aromatic nitrogens is 2. The molecule has 2 heterocycles. The lowest BCUT2D eigenvalue weighted by atomic mass is 10.0. The Hall–Kier alpha value is -1.96. The van der Waals surface area contributed by atoms with Gasteiger partial charge < -0.3 is 14.8 Å². The Morgan fingerprint density at radius 2 is 2.26 bits per heavy atom. The third-order valence-electron chi connectivity index (χ3n) is 3.06. The second-order valence-corrected chi connectivity index (χ2v) is 4.27. The molecule has 1 aromatic heterocycles. The Morgan fingerprint density at radius 3 is 2.89 bits per heavy atom. The van der Waals surface area contributed by atoms with Crippen molar-refractivity contribution in [3.63, 3.8) is 0 Å². The highest BCUT2D eigenvalue weighted by molar-refractivity contribution is 5.61. The van der Waals surface area contributed by atoms with Gasteiger partial charge in [0.2, 0.25) is 5.82 Å². The fourth-order valence-electron chi connectivity index (χ4n) is 2.00. The van der Waals surface area contributed by atoms with Crippen LogP contribution in [0.2, 0.25) is 0 Å². The van der Waals surface area contributed by atoms with Crippen molar-refractivity contribution >= 4 is 11.5 Å². The van der Waals surface area contributed by atoms with E-state index in [0.717, 1.165) is 26.1 Å². The lowest BCUT2D eigenvalue weighted by Crippen LogP contribution is -2.23. The van der Waals surface area contributed by atoms with Gasteiger partial charge in [0.05, 0.1) is 12.0 Å². The summed E-state index contributed by atoms with van der Waals surface area (Å²) in [4.78, 5) is 18.2. The zero-order valence-electron chi connectivity index (χ0n) is 10.7. The van der Waals surface area contributed by atoms with Crippen LogP contribution in [0.5, 0.6) is 5.88 Å². The summed E-state index contributed by atoms with van der Waals surface area (Å²) in [6.45, 7) is 2.10. The minimum absolute atomic E-state index is 0.0329. The second-order valence-electron chi connectivity index (χ2n) is 4.27. The maximum atomic E-state index is 11.0. The summed E-state index contributed by atoms with van der Waals surface area (Å²) in [7, 11) is 1.34. The smallest absolute Gasteiger partial charge is 0.372 e. The van der Waals surface area contributed by atoms with E-state index >= 15 is 0 Å². The molecule has 8 nitrogen and oxygen atoms in total. The van der Waals surface area contributed by atoms with Crippen LogP contribution in [-0.2, 0) is 4.74 Å². The summed E-state index contributed by atoms with van der Waals surface area (Å²) in [5.41, 5.74) is -0.225. The van der Waals surface area contributed by atoms with Crippen LogP contribution in [-0.4, -0.2) is 41.8 Å². The highest BCUT2D eigenvalue weighted by atomic mass is 16.6. The van der Waals surface area contributed by atoms with Gasteiger partial charge in [0.1, 0.15) is 6.33 Å². The molecule has 1 aromatic rings. The topological polar surface area (TPSA) is 99.4 Å². The van der Waals surface area contributed by atoms with Crippen molar-refractivity contribution < 1.29 is 14.4 Å². The van der Waals surface area contributed by atoms with Crippen LogP contribution in [0, 0.1) is 16.0 Å². The molecule has 1 aliphatic heterocycles. The van der Waals surface area contributed by atoms with Crippen LogP contribution >= 0.6 is 0 Å². The zero-order chi connectivity index (χ0) is 13.7. The third-order valence-corrected chi connectivity index (χ3v) is 3.06. The van der Waals surface area contributed by atoms with Gasteiger partial charge in [0.25, 0.3) is 5.88 Å². The van der Waals surface area contributed by atoms with Crippen molar-refractivity contribution in [2.24, 2.45) is 5.92 Å². The van der Waals surface area contributed by atoms with Gasteiger partial charge in [-0.1, -0.05) is 0 Å². The molecule has 2 rings (SSSR count). The minimum atomic E-state index is -0.537. The van der Waals surface area contributed by atoms with Crippen molar-refractivity contribution in [1.82, 2.24) is 9.97 Å². The van der Waals surface area contributed by atoms with Crippen LogP contribution in [0.25, 0.3) is 0 Å². The van der Waals surface area contributed by atoms with E-state index in [4.69, 9.17) is 9.47 Å². The molecule has 0 unspecified atom stereocenters. The number of nitrogens with zero attached hydrogens (tertiary/aromatic N) is 3. The standard InChI is InChI=1S/C11H16N4O4/c1-18-11-9(15(16)17)10(13-7-14-11)12-6-8-2-4-19-5-3-8/h7-8H,2-6H2,1H3,(H,12,13,14). The number of hydrogen-bond acceptors (Lipinski definition) is 7. The molecule has 0 spiro atoms. The molecule has 0 aliphatic carbocycles. The largest absolute Gasteiger partial charge is 0.476 e. The van der Waals surface area contributed by atoms with E-state index in [-0.39, 0.29) is 17.4 Å². The van der Waals surface area contributed by atoms with Gasteiger partial charge in [0, 0.05) is 19.8 Å². The van der Waals surface area contributed by atoms with Gasteiger partial charge in [-0.05, 0) is 18.8 Å². The van der Waals surface area contributed by atoms with Gasteiger partial charge in [-0.15, -0.1) is 0 Å². The van der Waals surface area contributed by atoms with E-state index < -0.39 is 4.92 Å². The molecule has 0 radical (unpaired) electrons. The summed E-state index contributed by atoms with van der Waals surface area (Å²) in [5.74, 6) is 0.604. The number of rotatable bonds is 5. The van der Waals surface area contributed by atoms with Gasteiger partial charge in [0.15, 0.2) is 0 Å². The maximum absolute atomic E-state index is 11.0. The first-order valence-electron chi connectivity index (χ1n) is 6.07. The lowest BCUT2D eigenvalue weighted by molar-refractivity contribution is -0.385. The predicted octanol–water partition coefficient (Wildman–Crippen LogP) is 1.23. The lowest BCUT2D eigenvalue weighted by Gasteiger charge is -2.22. The highest BCUT2D eigenvalue weighted by Crippen LogP contribution is 2.30. The number of methoxy groups -OCH3 is 1. The van der Waals surface area contributed by atoms with Crippen LogP contribution in [0.15, 0.2) is 6.33 Å². The Morgan fingerprint density at radius 1 is 1.53 bits per heavy atom. The Kier molecular flexibility index (Phi) is 4.45. The normalized spacial score (nSPS) is 16.1. The molecule has 0 atom stereocenters. The van der Waals surface area contributed by atoms with Crippen molar-refractivity contribution in [3.8, 4) is 5.88 Å². The van der Waals surface area contributed by atoms with Gasteiger partial charge in [-0.25, -0.2) is 4.98 Å². The summed E-state index contributed by atoms with van der Waals surface area (Å²) in [6, 6.07) is 0. The fourth-order valence-corrected chi connectivity index (χ4v) is 2.00. The van der Waals surface area contributed by atoms with E-state index in [0.29, 0.717) is 12.5 Å². The molecule has 0 aromatic carbocycles. The molecule has 1 fully saturated rings. The molecule has 0 amide bonds. The summed E-state index contributed by atoms with van der Waals surface area (Å²) >= 11 is 0. The molecule has 19 heavy (non-hydrogen) atoms. The molecule has 1 N–H and O–H groups in total. The first-order chi connectivity index (χ1) is 9.22. The minimum Gasteiger partial charge on any atom is -0.476 e. The van der Waals surface area contributed by atoms with Crippen molar-refractivity contribution in [3.05, 3.63) is 16.4 Å². The Labute approximate surface area is 110 Å². The van der Waals surface area contributed by atoms with E-state index in [2.05, 4.69) is 15.3 Å². The monoisotopic (exact) mass is 268 g/mol. The van der Waals surface area contributed by atoms with Gasteiger partial charge in [-0.3, -0.25) is 10.1 Å². The molecule has 0 saturated carbocycles. The molecule has 0 bridgehead atoms. The van der Waals surface area contributed by atoms with Gasteiger partial charge in [-0.2, -0.15) is 4.98 Å². The molecule has 1 saturated heterocycles. The van der Waals surface area contributed by atoms with Crippen LogP contribution < -0.4 is 10.1 Å². The van der Waals surface area contributed by atoms with E-state index in [1.165, 1.54) is 13.4 Å². The number of anilines is 1. The van der Waals surface area contributed by atoms with Crippen LogP contribution in [0.3, 0.4) is 0 Å². The Balaban J connectivity index is 2.08. The fraction of sp³-hybridized carbons (Fsp3) is 0.636. The van der Waals surface area contributed by atoms with Crippen LogP contribution in [0.4, 0.5) is 11.5 Å². The third kappa shape index (κ3) is 3.28. The summed E-state index contributed by atoms with van der Waals surface area (Å²) in [6.07, 6.45) is 3.14. The molecular formula is C11H16N4O4. The number of ether oxygens (including phenoxy) is 2. The molecular weight excluding hydrogens is 252 g/mol. The average Bonchev–Trinajstić information content (AvgIpc) is 2.45. The molecule has 8 heteroatoms. The zero-order valence-corrected chi connectivity index (χ0v) is 10.7.